The first-order valence-corrected chi connectivity index (χ1v) is 5.60. The zero-order valence-corrected chi connectivity index (χ0v) is 10.5. The molecule has 0 spiro atoms. The van der Waals surface area contributed by atoms with Crippen LogP contribution in [0.15, 0.2) is 12.1 Å². The van der Waals surface area contributed by atoms with E-state index in [0.717, 1.165) is 6.07 Å². The van der Waals surface area contributed by atoms with Gasteiger partial charge in [-0.2, -0.15) is 0 Å². The molecule has 1 fully saturated rings. The number of carbonyl (C=O) groups is 2. The Morgan fingerprint density at radius 1 is 1.32 bits per heavy atom. The van der Waals surface area contributed by atoms with Crippen molar-refractivity contribution in [3.8, 4) is 0 Å². The molecule has 1 aliphatic heterocycles. The van der Waals surface area contributed by atoms with Gasteiger partial charge in [0.2, 0.25) is 5.91 Å². The third-order valence-corrected chi connectivity index (χ3v) is 3.16. The Hall–Kier alpha value is -2.18. The third kappa shape index (κ3) is 2.00. The number of benzene rings is 1. The average molecular weight is 269 g/mol. The average Bonchev–Trinajstić information content (AvgIpc) is 2.31. The van der Waals surface area contributed by atoms with Crippen LogP contribution in [0.1, 0.15) is 13.8 Å². The molecule has 1 heterocycles. The molecule has 2 rings (SSSR count). The van der Waals surface area contributed by atoms with Gasteiger partial charge in [-0.25, -0.2) is 8.78 Å². The molecule has 0 saturated carbocycles. The predicted molar refractivity (Wildman–Crippen MR) is 65.3 cm³/mol. The molecule has 2 amide bonds. The molecule has 3 N–H and O–H groups in total. The number of hydrogen-bond donors (Lipinski definition) is 2. The Kier molecular flexibility index (Phi) is 2.92. The van der Waals surface area contributed by atoms with Crippen LogP contribution in [0.4, 0.5) is 20.2 Å². The quantitative estimate of drug-likeness (QED) is 0.584. The molecule has 0 radical (unpaired) electrons. The number of nitrogen functional groups attached to an aromatic ring is 1. The number of nitrogens with two attached hydrogens (primary N) is 1. The van der Waals surface area contributed by atoms with Crippen molar-refractivity contribution in [2.24, 2.45) is 0 Å². The van der Waals surface area contributed by atoms with Crippen molar-refractivity contribution in [3.63, 3.8) is 0 Å². The standard InChI is InChI=1S/C12H13F2N3O2/c1-12(2)11(19)16-8(18)5-17(12)10-7(15)4-3-6(13)9(10)14/h3-4H,5,15H2,1-2H3,(H,16,18,19). The lowest BCUT2D eigenvalue weighted by atomic mass is 9.97. The molecule has 0 bridgehead atoms. The number of piperazine rings is 1. The van der Waals surface area contributed by atoms with Crippen LogP contribution < -0.4 is 16.0 Å². The van der Waals surface area contributed by atoms with Crippen LogP contribution in [0.2, 0.25) is 0 Å². The summed E-state index contributed by atoms with van der Waals surface area (Å²) >= 11 is 0. The van der Waals surface area contributed by atoms with Crippen LogP contribution in [0.5, 0.6) is 0 Å². The normalized spacial score (nSPS) is 18.4. The Morgan fingerprint density at radius 3 is 2.58 bits per heavy atom. The van der Waals surface area contributed by atoms with E-state index in [2.05, 4.69) is 5.32 Å². The van der Waals surface area contributed by atoms with Crippen molar-refractivity contribution in [1.29, 1.82) is 0 Å². The van der Waals surface area contributed by atoms with E-state index in [1.165, 1.54) is 24.8 Å². The number of halogens is 2. The second-order valence-electron chi connectivity index (χ2n) is 4.82. The number of amides is 2. The summed E-state index contributed by atoms with van der Waals surface area (Å²) < 4.78 is 27.2. The van der Waals surface area contributed by atoms with E-state index >= 15 is 0 Å². The molecule has 1 saturated heterocycles. The molecule has 0 aliphatic carbocycles. The van der Waals surface area contributed by atoms with Crippen molar-refractivity contribution in [2.45, 2.75) is 19.4 Å². The van der Waals surface area contributed by atoms with Gasteiger partial charge in [0.05, 0.1) is 12.2 Å². The van der Waals surface area contributed by atoms with Gasteiger partial charge in [0, 0.05) is 0 Å². The fourth-order valence-corrected chi connectivity index (χ4v) is 1.97. The number of anilines is 2. The van der Waals surface area contributed by atoms with E-state index in [0.29, 0.717) is 0 Å². The first kappa shape index (κ1) is 13.3. The molecule has 102 valence electrons. The summed E-state index contributed by atoms with van der Waals surface area (Å²) in [5, 5.41) is 2.15. The minimum absolute atomic E-state index is 0.0329. The fraction of sp³-hybridized carbons (Fsp3) is 0.333. The number of rotatable bonds is 1. The van der Waals surface area contributed by atoms with Gasteiger partial charge in [0.15, 0.2) is 11.6 Å². The van der Waals surface area contributed by atoms with Crippen molar-refractivity contribution in [1.82, 2.24) is 5.32 Å². The number of nitrogens with zero attached hydrogens (tertiary/aromatic N) is 1. The Morgan fingerprint density at radius 2 is 1.95 bits per heavy atom. The van der Waals surface area contributed by atoms with E-state index in [1.54, 1.807) is 0 Å². The SMILES string of the molecule is CC1(C)C(=O)NC(=O)CN1c1c(N)ccc(F)c1F. The molecule has 1 aromatic carbocycles. The van der Waals surface area contributed by atoms with Gasteiger partial charge in [-0.1, -0.05) is 0 Å². The topological polar surface area (TPSA) is 75.4 Å². The predicted octanol–water partition coefficient (Wildman–Crippen LogP) is 0.788. The number of carbonyl (C=O) groups excluding carboxylic acids is 2. The second-order valence-corrected chi connectivity index (χ2v) is 4.82. The van der Waals surface area contributed by atoms with Crippen LogP contribution in [0.25, 0.3) is 0 Å². The molecule has 0 atom stereocenters. The largest absolute Gasteiger partial charge is 0.397 e. The summed E-state index contributed by atoms with van der Waals surface area (Å²) in [4.78, 5) is 24.4. The van der Waals surface area contributed by atoms with Gasteiger partial charge in [0.1, 0.15) is 11.2 Å². The van der Waals surface area contributed by atoms with Crippen molar-refractivity contribution < 1.29 is 18.4 Å². The molecule has 7 heteroatoms. The minimum Gasteiger partial charge on any atom is -0.397 e. The van der Waals surface area contributed by atoms with Crippen molar-refractivity contribution in [3.05, 3.63) is 23.8 Å². The highest BCUT2D eigenvalue weighted by Crippen LogP contribution is 2.34. The van der Waals surface area contributed by atoms with Crippen molar-refractivity contribution in [2.75, 3.05) is 17.2 Å². The number of nitrogens with one attached hydrogen (secondary N) is 1. The van der Waals surface area contributed by atoms with Crippen LogP contribution in [-0.4, -0.2) is 23.9 Å². The van der Waals surface area contributed by atoms with Gasteiger partial charge in [0.25, 0.3) is 5.91 Å². The minimum atomic E-state index is -1.21. The lowest BCUT2D eigenvalue weighted by molar-refractivity contribution is -0.135. The maximum Gasteiger partial charge on any atom is 0.251 e. The van der Waals surface area contributed by atoms with Crippen LogP contribution >= 0.6 is 0 Å². The maximum absolute atomic E-state index is 13.9. The van der Waals surface area contributed by atoms with Gasteiger partial charge in [-0.15, -0.1) is 0 Å². The van der Waals surface area contributed by atoms with E-state index in [4.69, 9.17) is 5.73 Å². The van der Waals surface area contributed by atoms with Gasteiger partial charge >= 0.3 is 0 Å². The first-order chi connectivity index (χ1) is 8.75. The van der Waals surface area contributed by atoms with E-state index in [9.17, 15) is 18.4 Å². The zero-order valence-electron chi connectivity index (χ0n) is 10.5. The third-order valence-electron chi connectivity index (χ3n) is 3.16. The summed E-state index contributed by atoms with van der Waals surface area (Å²) in [6.07, 6.45) is 0. The highest BCUT2D eigenvalue weighted by Gasteiger charge is 2.43. The second kappa shape index (κ2) is 4.18. The van der Waals surface area contributed by atoms with Crippen molar-refractivity contribution >= 4 is 23.2 Å². The van der Waals surface area contributed by atoms with E-state index in [1.807, 2.05) is 0 Å². The lowest BCUT2D eigenvalue weighted by Gasteiger charge is -2.42. The summed E-state index contributed by atoms with van der Waals surface area (Å²) in [6.45, 7) is 2.72. The highest BCUT2D eigenvalue weighted by molar-refractivity contribution is 6.07. The van der Waals surface area contributed by atoms with E-state index < -0.39 is 29.0 Å². The molecular formula is C12H13F2N3O2. The molecule has 0 aromatic heterocycles. The van der Waals surface area contributed by atoms with Gasteiger partial charge < -0.3 is 10.6 Å². The Labute approximate surface area is 108 Å². The number of imide groups is 1. The van der Waals surface area contributed by atoms with Gasteiger partial charge in [-0.3, -0.25) is 14.9 Å². The molecular weight excluding hydrogens is 256 g/mol. The maximum atomic E-state index is 13.9. The lowest BCUT2D eigenvalue weighted by Crippen LogP contribution is -2.64. The summed E-state index contributed by atoms with van der Waals surface area (Å²) in [5.41, 5.74) is 4.13. The molecule has 0 unspecified atom stereocenters. The van der Waals surface area contributed by atoms with Crippen LogP contribution in [0, 0.1) is 11.6 Å². The summed E-state index contributed by atoms with van der Waals surface area (Å²) in [5.74, 6) is -3.44. The van der Waals surface area contributed by atoms with Crippen LogP contribution in [-0.2, 0) is 9.59 Å². The molecule has 5 nitrogen and oxygen atoms in total. The van der Waals surface area contributed by atoms with Crippen LogP contribution in [0.3, 0.4) is 0 Å². The smallest absolute Gasteiger partial charge is 0.251 e. The summed E-state index contributed by atoms with van der Waals surface area (Å²) in [7, 11) is 0. The Balaban J connectivity index is 2.59. The number of hydrogen-bond acceptors (Lipinski definition) is 4. The highest BCUT2D eigenvalue weighted by atomic mass is 19.2. The van der Waals surface area contributed by atoms with E-state index in [-0.39, 0.29) is 17.9 Å². The Bertz CT molecular complexity index is 572. The molecule has 1 aliphatic rings. The summed E-state index contributed by atoms with van der Waals surface area (Å²) in [6, 6.07) is 2.09. The zero-order chi connectivity index (χ0) is 14.4. The van der Waals surface area contributed by atoms with Gasteiger partial charge in [-0.05, 0) is 26.0 Å². The molecule has 19 heavy (non-hydrogen) atoms. The monoisotopic (exact) mass is 269 g/mol. The molecule has 1 aromatic rings. The fourth-order valence-electron chi connectivity index (χ4n) is 1.97. The first-order valence-electron chi connectivity index (χ1n) is 5.60.